The molecule has 13 heavy (non-hydrogen) atoms. The minimum atomic E-state index is -0.391. The highest BCUT2D eigenvalue weighted by Gasteiger charge is 2.02. The predicted molar refractivity (Wildman–Crippen MR) is 54.0 cm³/mol. The normalized spacial score (nSPS) is 8.23. The van der Waals surface area contributed by atoms with Crippen LogP contribution in [0.2, 0.25) is 0 Å². The Hall–Kier alpha value is -0.860. The Kier molecular flexibility index (Phi) is 6.20. The predicted octanol–water partition coefficient (Wildman–Crippen LogP) is 2.79. The lowest BCUT2D eigenvalue weighted by molar-refractivity contribution is 0.108. The van der Waals surface area contributed by atoms with Crippen LogP contribution in [0.25, 0.3) is 0 Å². The van der Waals surface area contributed by atoms with E-state index in [0.717, 1.165) is 5.56 Å². The first-order chi connectivity index (χ1) is 6.13. The second-order valence-electron chi connectivity index (χ2n) is 2.18. The van der Waals surface area contributed by atoms with E-state index < -0.39 is 5.24 Å². The summed E-state index contributed by atoms with van der Waals surface area (Å²) in [5, 5.41) is -0.391. The quantitative estimate of drug-likeness (QED) is 0.537. The van der Waals surface area contributed by atoms with Crippen molar-refractivity contribution in [1.29, 1.82) is 0 Å². The number of hydrogen-bond acceptors (Lipinski definition) is 2. The highest BCUT2D eigenvalue weighted by molar-refractivity contribution is 6.67. The van der Waals surface area contributed by atoms with Crippen molar-refractivity contribution in [2.75, 3.05) is 0 Å². The summed E-state index contributed by atoms with van der Waals surface area (Å²) in [6.07, 6.45) is 0. The Morgan fingerprint density at radius 1 is 1.38 bits per heavy atom. The molecule has 1 aromatic rings. The third-order valence-electron chi connectivity index (χ3n) is 1.36. The van der Waals surface area contributed by atoms with E-state index in [2.05, 4.69) is 11.6 Å². The van der Waals surface area contributed by atoms with E-state index in [4.69, 9.17) is 16.4 Å². The van der Waals surface area contributed by atoms with Gasteiger partial charge in [-0.25, -0.2) is 0 Å². The van der Waals surface area contributed by atoms with E-state index in [-0.39, 0.29) is 5.75 Å². The van der Waals surface area contributed by atoms with Gasteiger partial charge in [-0.15, -0.1) is 0 Å². The van der Waals surface area contributed by atoms with Crippen molar-refractivity contribution in [3.63, 3.8) is 0 Å². The van der Waals surface area contributed by atoms with Crippen LogP contribution in [0.15, 0.2) is 24.3 Å². The molecule has 70 valence electrons. The third kappa shape index (κ3) is 4.65. The Morgan fingerprint density at radius 3 is 2.15 bits per heavy atom. The molecular weight excluding hydrogens is 211 g/mol. The van der Waals surface area contributed by atoms with Gasteiger partial charge in [0.1, 0.15) is 0 Å². The summed E-state index contributed by atoms with van der Waals surface area (Å²) in [6, 6.07) is 7.24. The molecule has 0 aromatic heterocycles. The lowest BCUT2D eigenvalue weighted by atomic mass is 10.1. The second-order valence-corrected chi connectivity index (χ2v) is 2.70. The standard InChI is InChI=1S/C8H7ClO.CHClO/c1-6-4-2-3-5-7(6)8(9)10;2-1-3/h2-5H,1H3;1H. The molecule has 0 amide bonds. The molecule has 0 saturated carbocycles. The van der Waals surface area contributed by atoms with E-state index in [1.807, 2.05) is 19.1 Å². The number of halogens is 2. The van der Waals surface area contributed by atoms with Crippen LogP contribution in [0.5, 0.6) is 0 Å². The first-order valence-electron chi connectivity index (χ1n) is 3.42. The number of rotatable bonds is 1. The van der Waals surface area contributed by atoms with Crippen molar-refractivity contribution in [3.05, 3.63) is 35.4 Å². The van der Waals surface area contributed by atoms with Crippen molar-refractivity contribution >= 4 is 34.2 Å². The van der Waals surface area contributed by atoms with Crippen LogP contribution >= 0.6 is 23.2 Å². The SMILES string of the molecule is Cc1ccccc1C(=O)Cl.O=CCl. The summed E-state index contributed by atoms with van der Waals surface area (Å²) in [6.45, 7) is 1.86. The van der Waals surface area contributed by atoms with E-state index >= 15 is 0 Å². The van der Waals surface area contributed by atoms with Crippen molar-refractivity contribution in [2.45, 2.75) is 6.92 Å². The Morgan fingerprint density at radius 2 is 1.85 bits per heavy atom. The molecule has 4 heteroatoms. The molecule has 0 bridgehead atoms. The summed E-state index contributed by atoms with van der Waals surface area (Å²) in [4.78, 5) is 19.2. The van der Waals surface area contributed by atoms with Gasteiger partial charge in [0, 0.05) is 5.56 Å². The molecule has 1 aromatic carbocycles. The zero-order chi connectivity index (χ0) is 10.3. The number of benzene rings is 1. The fourth-order valence-electron chi connectivity index (χ4n) is 0.793. The van der Waals surface area contributed by atoms with E-state index in [1.165, 1.54) is 0 Å². The Bertz CT molecular complexity index is 297. The highest BCUT2D eigenvalue weighted by Crippen LogP contribution is 2.08. The van der Waals surface area contributed by atoms with Crippen LogP contribution in [-0.4, -0.2) is 11.0 Å². The van der Waals surface area contributed by atoms with Gasteiger partial charge in [-0.2, -0.15) is 0 Å². The molecule has 0 fully saturated rings. The molecule has 0 spiro atoms. The lowest BCUT2D eigenvalue weighted by Gasteiger charge is -1.96. The van der Waals surface area contributed by atoms with Crippen molar-refractivity contribution in [1.82, 2.24) is 0 Å². The first-order valence-corrected chi connectivity index (χ1v) is 4.24. The summed E-state index contributed by atoms with van der Waals surface area (Å²) >= 11 is 9.59. The summed E-state index contributed by atoms with van der Waals surface area (Å²) in [5.41, 5.74) is 1.51. The number of aryl methyl sites for hydroxylation is 1. The van der Waals surface area contributed by atoms with Gasteiger partial charge in [0.15, 0.2) is 0 Å². The number of carbonyl (C=O) groups excluding carboxylic acids is 2. The van der Waals surface area contributed by atoms with E-state index in [0.29, 0.717) is 5.56 Å². The molecule has 0 radical (unpaired) electrons. The number of carbonyl (C=O) groups is 2. The Balaban J connectivity index is 0.000000424. The fraction of sp³-hybridized carbons (Fsp3) is 0.111. The molecule has 0 aliphatic rings. The van der Waals surface area contributed by atoms with Crippen molar-refractivity contribution in [2.24, 2.45) is 0 Å². The Labute approximate surface area is 86.5 Å². The average Bonchev–Trinajstić information content (AvgIpc) is 2.06. The smallest absolute Gasteiger partial charge is 0.252 e. The second kappa shape index (κ2) is 6.63. The van der Waals surface area contributed by atoms with Gasteiger partial charge in [-0.05, 0) is 41.8 Å². The molecule has 0 heterocycles. The van der Waals surface area contributed by atoms with Gasteiger partial charge in [0.05, 0.1) is 0 Å². The molecule has 0 atom stereocenters. The van der Waals surface area contributed by atoms with Gasteiger partial charge in [0.25, 0.3) is 5.24 Å². The third-order valence-corrected chi connectivity index (χ3v) is 1.56. The van der Waals surface area contributed by atoms with Gasteiger partial charge < -0.3 is 0 Å². The minimum absolute atomic E-state index is 0.222. The lowest BCUT2D eigenvalue weighted by Crippen LogP contribution is -1.90. The molecule has 0 unspecified atom stereocenters. The average molecular weight is 219 g/mol. The molecular formula is C9H8Cl2O2. The maximum atomic E-state index is 10.6. The number of hydrogen-bond donors (Lipinski definition) is 0. The van der Waals surface area contributed by atoms with Crippen molar-refractivity contribution < 1.29 is 9.59 Å². The largest absolute Gasteiger partial charge is 0.285 e. The molecule has 0 N–H and O–H groups in total. The minimum Gasteiger partial charge on any atom is -0.285 e. The first kappa shape index (κ1) is 12.1. The van der Waals surface area contributed by atoms with Crippen LogP contribution in [0.4, 0.5) is 0 Å². The van der Waals surface area contributed by atoms with Gasteiger partial charge in [-0.1, -0.05) is 18.2 Å². The molecule has 0 saturated heterocycles. The zero-order valence-electron chi connectivity index (χ0n) is 6.96. The van der Waals surface area contributed by atoms with Crippen LogP contribution in [-0.2, 0) is 4.79 Å². The van der Waals surface area contributed by atoms with E-state index in [9.17, 15) is 4.79 Å². The van der Waals surface area contributed by atoms with Crippen LogP contribution in [0.1, 0.15) is 15.9 Å². The van der Waals surface area contributed by atoms with Crippen LogP contribution in [0, 0.1) is 6.92 Å². The molecule has 0 aliphatic carbocycles. The van der Waals surface area contributed by atoms with Crippen LogP contribution in [0.3, 0.4) is 0 Å². The highest BCUT2D eigenvalue weighted by atomic mass is 35.5. The zero-order valence-corrected chi connectivity index (χ0v) is 8.47. The van der Waals surface area contributed by atoms with Crippen molar-refractivity contribution in [3.8, 4) is 0 Å². The maximum Gasteiger partial charge on any atom is 0.252 e. The summed E-state index contributed by atoms with van der Waals surface area (Å²) in [5.74, 6) is 0.222. The molecule has 2 nitrogen and oxygen atoms in total. The van der Waals surface area contributed by atoms with Crippen LogP contribution < -0.4 is 0 Å². The maximum absolute atomic E-state index is 10.6. The molecule has 1 rings (SSSR count). The fourth-order valence-corrected chi connectivity index (χ4v) is 1.01. The van der Waals surface area contributed by atoms with Gasteiger partial charge in [0.2, 0.25) is 5.75 Å². The molecule has 0 aliphatic heterocycles. The van der Waals surface area contributed by atoms with Gasteiger partial charge >= 0.3 is 0 Å². The topological polar surface area (TPSA) is 34.1 Å². The van der Waals surface area contributed by atoms with E-state index in [1.54, 1.807) is 12.1 Å². The van der Waals surface area contributed by atoms with Gasteiger partial charge in [-0.3, -0.25) is 9.59 Å². The summed E-state index contributed by atoms with van der Waals surface area (Å²) < 4.78 is 0. The monoisotopic (exact) mass is 218 g/mol. The summed E-state index contributed by atoms with van der Waals surface area (Å²) in [7, 11) is 0.